The maximum absolute atomic E-state index is 5.82. The average molecular weight is 353 g/mol. The first kappa shape index (κ1) is 16.6. The minimum Gasteiger partial charge on any atom is -0.378 e. The van der Waals surface area contributed by atoms with Crippen molar-refractivity contribution in [2.75, 3.05) is 38.4 Å². The van der Waals surface area contributed by atoms with Gasteiger partial charge in [0.05, 0.1) is 38.4 Å². The van der Waals surface area contributed by atoms with Crippen molar-refractivity contribution in [3.05, 3.63) is 0 Å². The van der Waals surface area contributed by atoms with Gasteiger partial charge in [-0.1, -0.05) is 15.9 Å². The first-order chi connectivity index (χ1) is 9.26. The van der Waals surface area contributed by atoms with Crippen LogP contribution in [0.15, 0.2) is 0 Å². The molecular weight excluding hydrogens is 328 g/mol. The normalized spacial score (nSPS) is 31.4. The van der Waals surface area contributed by atoms with Crippen LogP contribution in [0.3, 0.4) is 0 Å². The molecule has 0 N–H and O–H groups in total. The van der Waals surface area contributed by atoms with Gasteiger partial charge in [-0.2, -0.15) is 0 Å². The Morgan fingerprint density at radius 3 is 2.20 bits per heavy atom. The van der Waals surface area contributed by atoms with Crippen molar-refractivity contribution in [1.29, 1.82) is 0 Å². The van der Waals surface area contributed by atoms with Crippen molar-refractivity contribution in [3.63, 3.8) is 0 Å². The third-order valence-electron chi connectivity index (χ3n) is 3.51. The second-order valence-corrected chi connectivity index (χ2v) is 7.14. The van der Waals surface area contributed by atoms with Crippen molar-refractivity contribution in [3.8, 4) is 0 Å². The maximum atomic E-state index is 5.82. The highest BCUT2D eigenvalue weighted by Gasteiger charge is 2.40. The van der Waals surface area contributed by atoms with E-state index in [1.165, 1.54) is 0 Å². The van der Waals surface area contributed by atoms with Crippen LogP contribution in [0.2, 0.25) is 0 Å². The van der Waals surface area contributed by atoms with E-state index in [-0.39, 0.29) is 11.5 Å². The Kier molecular flexibility index (Phi) is 5.15. The Labute approximate surface area is 129 Å². The maximum Gasteiger partial charge on any atom is 0.163 e. The lowest BCUT2D eigenvalue weighted by atomic mass is 9.93. The van der Waals surface area contributed by atoms with Gasteiger partial charge in [-0.15, -0.1) is 0 Å². The second-order valence-electron chi connectivity index (χ2n) is 6.58. The fourth-order valence-electron chi connectivity index (χ4n) is 2.19. The molecule has 6 heteroatoms. The van der Waals surface area contributed by atoms with E-state index in [0.717, 1.165) is 5.33 Å². The zero-order chi connectivity index (χ0) is 14.9. The molecule has 0 aliphatic carbocycles. The largest absolute Gasteiger partial charge is 0.378 e. The molecule has 118 valence electrons. The summed E-state index contributed by atoms with van der Waals surface area (Å²) in [7, 11) is 0. The Balaban J connectivity index is 1.75. The molecule has 0 amide bonds. The van der Waals surface area contributed by atoms with E-state index in [4.69, 9.17) is 23.7 Å². The third-order valence-corrected chi connectivity index (χ3v) is 4.70. The molecule has 2 fully saturated rings. The van der Waals surface area contributed by atoms with Crippen LogP contribution in [0.4, 0.5) is 0 Å². The average Bonchev–Trinajstić information content (AvgIpc) is 2.72. The van der Waals surface area contributed by atoms with Crippen molar-refractivity contribution in [1.82, 2.24) is 0 Å². The summed E-state index contributed by atoms with van der Waals surface area (Å²) in [6, 6.07) is 0. The van der Waals surface area contributed by atoms with Crippen LogP contribution in [-0.2, 0) is 23.7 Å². The minimum absolute atomic E-state index is 0.000700. The topological polar surface area (TPSA) is 46.2 Å². The molecular formula is C14H25BrO5. The van der Waals surface area contributed by atoms with E-state index >= 15 is 0 Å². The summed E-state index contributed by atoms with van der Waals surface area (Å²) in [5, 5.41) is 0.781. The van der Waals surface area contributed by atoms with Gasteiger partial charge in [0.1, 0.15) is 6.10 Å². The van der Waals surface area contributed by atoms with E-state index in [2.05, 4.69) is 15.9 Å². The summed E-state index contributed by atoms with van der Waals surface area (Å²) in [5.41, 5.74) is -0.134. The van der Waals surface area contributed by atoms with Crippen molar-refractivity contribution in [2.24, 2.45) is 5.41 Å². The first-order valence-electron chi connectivity index (χ1n) is 6.99. The SMILES string of the molecule is CC1(C)OCC(CBr)(COCC2COC(C)(C)O2)CO1. The molecule has 20 heavy (non-hydrogen) atoms. The summed E-state index contributed by atoms with van der Waals surface area (Å²) in [4.78, 5) is 0. The smallest absolute Gasteiger partial charge is 0.163 e. The van der Waals surface area contributed by atoms with Crippen LogP contribution < -0.4 is 0 Å². The van der Waals surface area contributed by atoms with Crippen molar-refractivity contribution >= 4 is 15.9 Å². The van der Waals surface area contributed by atoms with Gasteiger partial charge < -0.3 is 23.7 Å². The third kappa shape index (κ3) is 4.39. The van der Waals surface area contributed by atoms with Crippen LogP contribution >= 0.6 is 15.9 Å². The van der Waals surface area contributed by atoms with Crippen LogP contribution in [0.5, 0.6) is 0 Å². The van der Waals surface area contributed by atoms with Gasteiger partial charge in [0.25, 0.3) is 0 Å². The van der Waals surface area contributed by atoms with Gasteiger partial charge in [-0.3, -0.25) is 0 Å². The van der Waals surface area contributed by atoms with E-state index in [1.54, 1.807) is 0 Å². The number of hydrogen-bond acceptors (Lipinski definition) is 5. The predicted molar refractivity (Wildman–Crippen MR) is 77.9 cm³/mol. The molecule has 2 heterocycles. The molecule has 5 nitrogen and oxygen atoms in total. The van der Waals surface area contributed by atoms with Crippen LogP contribution in [-0.4, -0.2) is 56.0 Å². The van der Waals surface area contributed by atoms with Crippen LogP contribution in [0, 0.1) is 5.41 Å². The zero-order valence-electron chi connectivity index (χ0n) is 12.7. The molecule has 2 rings (SSSR count). The second kappa shape index (κ2) is 6.18. The lowest BCUT2D eigenvalue weighted by Crippen LogP contribution is -2.50. The van der Waals surface area contributed by atoms with Gasteiger partial charge in [0.15, 0.2) is 11.6 Å². The van der Waals surface area contributed by atoms with E-state index in [9.17, 15) is 0 Å². The monoisotopic (exact) mass is 352 g/mol. The van der Waals surface area contributed by atoms with Crippen molar-refractivity contribution in [2.45, 2.75) is 45.4 Å². The zero-order valence-corrected chi connectivity index (χ0v) is 14.3. The Hall–Kier alpha value is 0.280. The first-order valence-corrected chi connectivity index (χ1v) is 8.12. The summed E-state index contributed by atoms with van der Waals surface area (Å²) in [5.74, 6) is -1.000. The van der Waals surface area contributed by atoms with Gasteiger partial charge in [-0.25, -0.2) is 0 Å². The highest BCUT2D eigenvalue weighted by atomic mass is 79.9. The van der Waals surface area contributed by atoms with Crippen LogP contribution in [0.1, 0.15) is 27.7 Å². The summed E-state index contributed by atoms with van der Waals surface area (Å²) in [6.07, 6.45) is -0.000700. The number of rotatable bonds is 5. The summed E-state index contributed by atoms with van der Waals surface area (Å²) in [6.45, 7) is 10.6. The minimum atomic E-state index is -0.502. The highest BCUT2D eigenvalue weighted by Crippen LogP contribution is 2.32. The molecule has 0 bridgehead atoms. The Bertz CT molecular complexity index is 322. The summed E-state index contributed by atoms with van der Waals surface area (Å²) < 4.78 is 28.5. The molecule has 0 radical (unpaired) electrons. The van der Waals surface area contributed by atoms with E-state index < -0.39 is 11.6 Å². The summed E-state index contributed by atoms with van der Waals surface area (Å²) >= 11 is 3.54. The molecule has 2 aliphatic rings. The molecule has 2 aliphatic heterocycles. The van der Waals surface area contributed by atoms with Gasteiger partial charge >= 0.3 is 0 Å². The number of ether oxygens (including phenoxy) is 5. The highest BCUT2D eigenvalue weighted by molar-refractivity contribution is 9.09. The fourth-order valence-corrected chi connectivity index (χ4v) is 2.67. The molecule has 0 aromatic heterocycles. The number of halogens is 1. The number of alkyl halides is 1. The van der Waals surface area contributed by atoms with Gasteiger partial charge in [0, 0.05) is 5.33 Å². The lowest BCUT2D eigenvalue weighted by molar-refractivity contribution is -0.287. The quantitative estimate of drug-likeness (QED) is 0.710. The van der Waals surface area contributed by atoms with Gasteiger partial charge in [-0.05, 0) is 27.7 Å². The van der Waals surface area contributed by atoms with Crippen molar-refractivity contribution < 1.29 is 23.7 Å². The van der Waals surface area contributed by atoms with Gasteiger partial charge in [0.2, 0.25) is 0 Å². The molecule has 0 saturated carbocycles. The Morgan fingerprint density at radius 2 is 1.70 bits per heavy atom. The standard InChI is InChI=1S/C14H25BrO5/c1-12(2)18-9-14(7-15,10-19-12)8-16-5-11-6-17-13(3,4)20-11/h11H,5-10H2,1-4H3. The molecule has 1 atom stereocenters. The predicted octanol–water partition coefficient (Wildman–Crippen LogP) is 2.32. The molecule has 1 unspecified atom stereocenters. The van der Waals surface area contributed by atoms with E-state index in [1.807, 2.05) is 27.7 Å². The fraction of sp³-hybridized carbons (Fsp3) is 1.00. The molecule has 0 spiro atoms. The van der Waals surface area contributed by atoms with E-state index in [0.29, 0.717) is 33.0 Å². The lowest BCUT2D eigenvalue weighted by Gasteiger charge is -2.42. The number of hydrogen-bond donors (Lipinski definition) is 0. The molecule has 2 saturated heterocycles. The Morgan fingerprint density at radius 1 is 1.05 bits per heavy atom. The van der Waals surface area contributed by atoms with Crippen LogP contribution in [0.25, 0.3) is 0 Å². The molecule has 0 aromatic rings. The molecule has 0 aromatic carbocycles.